The van der Waals surface area contributed by atoms with Crippen molar-refractivity contribution in [1.29, 1.82) is 0 Å². The second kappa shape index (κ2) is 20.2. The van der Waals surface area contributed by atoms with Crippen molar-refractivity contribution < 1.29 is 14.4 Å². The third kappa shape index (κ3) is 12.3. The van der Waals surface area contributed by atoms with Crippen molar-refractivity contribution in [2.45, 2.75) is 51.4 Å². The van der Waals surface area contributed by atoms with Crippen LogP contribution in [0.5, 0.6) is 0 Å². The number of urea groups is 1. The Morgan fingerprint density at radius 3 is 1.24 bits per heavy atom. The number of benzene rings is 4. The Labute approximate surface area is 319 Å². The van der Waals surface area contributed by atoms with Crippen LogP contribution >= 0.6 is 0 Å². The summed E-state index contributed by atoms with van der Waals surface area (Å²) in [6, 6.07) is 28.7. The van der Waals surface area contributed by atoms with E-state index < -0.39 is 6.03 Å². The molecule has 4 aromatic rings. The quantitative estimate of drug-likeness (QED) is 0.0567. The molecular weight excluding hydrogens is 677 g/mol. The summed E-state index contributed by atoms with van der Waals surface area (Å²) in [6.45, 7) is 8.43. The molecule has 2 fully saturated rings. The molecule has 4 aromatic carbocycles. The number of anilines is 6. The van der Waals surface area contributed by atoms with Gasteiger partial charge in [-0.05, 0) is 151 Å². The number of hydrogen-bond acceptors (Lipinski definition) is 7. The number of amides is 4. The highest BCUT2D eigenvalue weighted by Gasteiger charge is 2.15. The first-order valence-electron chi connectivity index (χ1n) is 19.5. The van der Waals surface area contributed by atoms with E-state index >= 15 is 0 Å². The van der Waals surface area contributed by atoms with Gasteiger partial charge in [-0.3, -0.25) is 9.59 Å². The van der Waals surface area contributed by atoms with Crippen molar-refractivity contribution >= 4 is 52.0 Å². The third-order valence-corrected chi connectivity index (χ3v) is 9.83. The molecule has 0 radical (unpaired) electrons. The summed E-state index contributed by atoms with van der Waals surface area (Å²) in [5, 5.41) is 18.6. The maximum atomic E-state index is 13.5. The average Bonchev–Trinajstić information content (AvgIpc) is 3.90. The zero-order chi connectivity index (χ0) is 37.4. The fraction of sp³-hybridized carbons (Fsp3) is 0.372. The number of hydrogen-bond donors (Lipinski definition) is 6. The predicted octanol–water partition coefficient (Wildman–Crippen LogP) is 8.41. The number of nitrogens with zero attached hydrogens (tertiary/aromatic N) is 2. The van der Waals surface area contributed by atoms with Gasteiger partial charge in [-0.15, -0.1) is 0 Å². The van der Waals surface area contributed by atoms with Crippen LogP contribution in [0.3, 0.4) is 0 Å². The number of para-hydroxylation sites is 2. The van der Waals surface area contributed by atoms with Crippen LogP contribution in [0.25, 0.3) is 0 Å². The summed E-state index contributed by atoms with van der Waals surface area (Å²) in [6.07, 6.45) is 9.29. The molecule has 0 unspecified atom stereocenters. The molecule has 2 aliphatic heterocycles. The van der Waals surface area contributed by atoms with Crippen LogP contribution in [0.2, 0.25) is 0 Å². The molecule has 2 saturated heterocycles. The molecule has 0 spiro atoms. The molecule has 284 valence electrons. The van der Waals surface area contributed by atoms with Crippen molar-refractivity contribution in [3.05, 3.63) is 108 Å². The Kier molecular flexibility index (Phi) is 14.3. The number of carbonyl (C=O) groups is 3. The molecule has 54 heavy (non-hydrogen) atoms. The number of likely N-dealkylation sites (tertiary alicyclic amines) is 2. The van der Waals surface area contributed by atoms with E-state index in [-0.39, 0.29) is 11.8 Å². The number of rotatable bonds is 18. The standard InChI is InChI=1S/C43H54N8O3/c52-41(46-35-15-3-1-4-16-35)33-27-37(44-19-7-9-21-50-23-11-12-24-50)31-39(29-33)48-43(54)49-40-30-34(42(53)47-36-17-5-2-6-18-36)28-38(32-40)45-20-8-10-22-51-25-13-14-26-51/h1-6,15-18,27-32,44-45H,7-14,19-26H2,(H,46,52)(H,47,53)(H2,48,49,54). The maximum absolute atomic E-state index is 13.5. The normalized spacial score (nSPS) is 14.4. The lowest BCUT2D eigenvalue weighted by Crippen LogP contribution is -2.22. The molecule has 2 aliphatic rings. The summed E-state index contributed by atoms with van der Waals surface area (Å²) in [5.41, 5.74) is 4.58. The minimum Gasteiger partial charge on any atom is -0.385 e. The molecule has 0 aromatic heterocycles. The second-order valence-corrected chi connectivity index (χ2v) is 14.2. The Morgan fingerprint density at radius 1 is 0.444 bits per heavy atom. The van der Waals surface area contributed by atoms with E-state index in [4.69, 9.17) is 0 Å². The van der Waals surface area contributed by atoms with Crippen molar-refractivity contribution in [2.75, 3.05) is 84.3 Å². The van der Waals surface area contributed by atoms with E-state index in [1.807, 2.05) is 72.8 Å². The molecule has 0 bridgehead atoms. The summed E-state index contributed by atoms with van der Waals surface area (Å²) in [4.78, 5) is 45.3. The first kappa shape index (κ1) is 38.3. The highest BCUT2D eigenvalue weighted by molar-refractivity contribution is 6.08. The Balaban J connectivity index is 1.13. The maximum Gasteiger partial charge on any atom is 0.323 e. The summed E-state index contributed by atoms with van der Waals surface area (Å²) in [5.74, 6) is -0.564. The third-order valence-electron chi connectivity index (χ3n) is 9.83. The smallest absolute Gasteiger partial charge is 0.323 e. The monoisotopic (exact) mass is 730 g/mol. The zero-order valence-electron chi connectivity index (χ0n) is 31.2. The van der Waals surface area contributed by atoms with E-state index in [0.717, 1.165) is 63.2 Å². The van der Waals surface area contributed by atoms with Gasteiger partial charge in [0.1, 0.15) is 0 Å². The lowest BCUT2D eigenvalue weighted by molar-refractivity contribution is 0.101. The van der Waals surface area contributed by atoms with Gasteiger partial charge in [0.05, 0.1) is 0 Å². The molecule has 6 N–H and O–H groups in total. The Hall–Kier alpha value is -5.39. The largest absolute Gasteiger partial charge is 0.385 e. The van der Waals surface area contributed by atoms with Crippen molar-refractivity contribution in [3.63, 3.8) is 0 Å². The molecule has 0 saturated carbocycles. The average molecular weight is 731 g/mol. The minimum absolute atomic E-state index is 0.282. The molecule has 0 atom stereocenters. The Bertz CT molecular complexity index is 1680. The number of unbranched alkanes of at least 4 members (excludes halogenated alkanes) is 2. The highest BCUT2D eigenvalue weighted by Crippen LogP contribution is 2.24. The van der Waals surface area contributed by atoms with E-state index in [1.165, 1.54) is 51.9 Å². The fourth-order valence-corrected chi connectivity index (χ4v) is 7.01. The first-order valence-corrected chi connectivity index (χ1v) is 19.5. The van der Waals surface area contributed by atoms with Crippen LogP contribution in [-0.4, -0.2) is 80.0 Å². The molecular formula is C43H54N8O3. The van der Waals surface area contributed by atoms with Crippen LogP contribution in [-0.2, 0) is 0 Å². The summed E-state index contributed by atoms with van der Waals surface area (Å²) < 4.78 is 0. The van der Waals surface area contributed by atoms with Gasteiger partial charge in [-0.2, -0.15) is 0 Å². The van der Waals surface area contributed by atoms with Gasteiger partial charge in [0.15, 0.2) is 0 Å². The molecule has 4 amide bonds. The van der Waals surface area contributed by atoms with Gasteiger partial charge < -0.3 is 41.7 Å². The summed E-state index contributed by atoms with van der Waals surface area (Å²) >= 11 is 0. The zero-order valence-corrected chi connectivity index (χ0v) is 31.2. The van der Waals surface area contributed by atoms with Crippen LogP contribution < -0.4 is 31.9 Å². The van der Waals surface area contributed by atoms with E-state index in [2.05, 4.69) is 41.7 Å². The first-order chi connectivity index (χ1) is 26.5. The van der Waals surface area contributed by atoms with Gasteiger partial charge >= 0.3 is 6.03 Å². The predicted molar refractivity (Wildman–Crippen MR) is 221 cm³/mol. The van der Waals surface area contributed by atoms with Crippen LogP contribution in [0.15, 0.2) is 97.1 Å². The van der Waals surface area contributed by atoms with E-state index in [0.29, 0.717) is 33.9 Å². The van der Waals surface area contributed by atoms with E-state index in [1.54, 1.807) is 24.3 Å². The van der Waals surface area contributed by atoms with Gasteiger partial charge in [-0.1, -0.05) is 36.4 Å². The fourth-order valence-electron chi connectivity index (χ4n) is 7.01. The highest BCUT2D eigenvalue weighted by atomic mass is 16.2. The lowest BCUT2D eigenvalue weighted by atomic mass is 10.1. The van der Waals surface area contributed by atoms with Crippen LogP contribution in [0.4, 0.5) is 38.9 Å². The molecule has 6 rings (SSSR count). The van der Waals surface area contributed by atoms with Crippen LogP contribution in [0, 0.1) is 0 Å². The van der Waals surface area contributed by atoms with Gasteiger partial charge in [-0.25, -0.2) is 4.79 Å². The minimum atomic E-state index is -0.496. The van der Waals surface area contributed by atoms with Gasteiger partial charge in [0.25, 0.3) is 11.8 Å². The lowest BCUT2D eigenvalue weighted by Gasteiger charge is -2.16. The topological polar surface area (TPSA) is 130 Å². The van der Waals surface area contributed by atoms with Gasteiger partial charge in [0, 0.05) is 58.3 Å². The molecule has 11 nitrogen and oxygen atoms in total. The molecule has 2 heterocycles. The van der Waals surface area contributed by atoms with Crippen LogP contribution in [0.1, 0.15) is 72.1 Å². The Morgan fingerprint density at radius 2 is 0.833 bits per heavy atom. The van der Waals surface area contributed by atoms with E-state index in [9.17, 15) is 14.4 Å². The SMILES string of the molecule is O=C(Nc1cc(NCCCCN2CCCC2)cc(C(=O)Nc2ccccc2)c1)Nc1cc(NCCCCN2CCCC2)cc(C(=O)Nc2ccccc2)c1. The number of nitrogens with one attached hydrogen (secondary N) is 6. The van der Waals surface area contributed by atoms with Gasteiger partial charge in [0.2, 0.25) is 0 Å². The molecule has 0 aliphatic carbocycles. The van der Waals surface area contributed by atoms with Crippen molar-refractivity contribution in [1.82, 2.24) is 9.80 Å². The second-order valence-electron chi connectivity index (χ2n) is 14.2. The number of carbonyl (C=O) groups excluding carboxylic acids is 3. The van der Waals surface area contributed by atoms with Crippen molar-refractivity contribution in [3.8, 4) is 0 Å². The van der Waals surface area contributed by atoms with Crippen molar-refractivity contribution in [2.24, 2.45) is 0 Å². The molecule has 11 heteroatoms. The summed E-state index contributed by atoms with van der Waals surface area (Å²) in [7, 11) is 0.